The number of primary amides is 1. The van der Waals surface area contributed by atoms with Crippen LogP contribution in [-0.2, 0) is 0 Å². The molecule has 1 aromatic carbocycles. The van der Waals surface area contributed by atoms with Crippen LogP contribution >= 0.6 is 0 Å². The number of anilines is 1. The Morgan fingerprint density at radius 1 is 1.03 bits per heavy atom. The molecule has 2 heterocycles. The van der Waals surface area contributed by atoms with E-state index in [1.165, 1.54) is 0 Å². The fraction of sp³-hybridized carbons (Fsp3) is 0.261. The molecule has 1 amide bonds. The van der Waals surface area contributed by atoms with Crippen molar-refractivity contribution >= 4 is 11.9 Å². The second-order valence-corrected chi connectivity index (χ2v) is 7.44. The molecule has 156 valence electrons. The summed E-state index contributed by atoms with van der Waals surface area (Å²) < 4.78 is 5.94. The Labute approximate surface area is 180 Å². The van der Waals surface area contributed by atoms with Gasteiger partial charge < -0.3 is 15.8 Å². The molecule has 4 rings (SSSR count). The maximum atomic E-state index is 11.5. The van der Waals surface area contributed by atoms with Crippen molar-refractivity contribution in [1.82, 2.24) is 15.0 Å². The van der Waals surface area contributed by atoms with Gasteiger partial charge in [-0.05, 0) is 55.5 Å². The number of benzene rings is 1. The van der Waals surface area contributed by atoms with Crippen molar-refractivity contribution < 1.29 is 9.53 Å². The molecule has 0 bridgehead atoms. The number of hydrogen-bond acceptors (Lipinski definition) is 7. The van der Waals surface area contributed by atoms with Gasteiger partial charge in [-0.15, -0.1) is 0 Å². The molecule has 1 saturated carbocycles. The number of carbonyl (C=O) groups excluding carboxylic acids is 1. The van der Waals surface area contributed by atoms with Crippen LogP contribution in [0.3, 0.4) is 0 Å². The van der Waals surface area contributed by atoms with Crippen LogP contribution in [0.15, 0.2) is 55.0 Å². The predicted octanol–water partition coefficient (Wildman–Crippen LogP) is 3.31. The Morgan fingerprint density at radius 3 is 2.39 bits per heavy atom. The van der Waals surface area contributed by atoms with Crippen LogP contribution in [0.5, 0.6) is 5.88 Å². The lowest BCUT2D eigenvalue weighted by atomic mass is 9.93. The molecule has 1 aliphatic rings. The Morgan fingerprint density at radius 2 is 1.74 bits per heavy atom. The third kappa shape index (κ3) is 4.95. The summed E-state index contributed by atoms with van der Waals surface area (Å²) in [4.78, 5) is 24.5. The topological polar surface area (TPSA) is 127 Å². The smallest absolute Gasteiger partial charge is 0.254 e. The van der Waals surface area contributed by atoms with Crippen molar-refractivity contribution in [3.05, 3.63) is 66.1 Å². The van der Waals surface area contributed by atoms with Crippen molar-refractivity contribution in [3.63, 3.8) is 0 Å². The molecule has 8 nitrogen and oxygen atoms in total. The molecule has 0 radical (unpaired) electrons. The predicted molar refractivity (Wildman–Crippen MR) is 115 cm³/mol. The summed E-state index contributed by atoms with van der Waals surface area (Å²) >= 11 is 0. The lowest BCUT2D eigenvalue weighted by molar-refractivity contribution is 0.0983. The average molecular weight is 414 g/mol. The minimum atomic E-state index is -0.542. The summed E-state index contributed by atoms with van der Waals surface area (Å²) in [6.45, 7) is 0. The number of ether oxygens (including phenoxy) is 1. The van der Waals surface area contributed by atoms with E-state index in [4.69, 9.17) is 15.7 Å². The van der Waals surface area contributed by atoms with E-state index in [0.29, 0.717) is 23.0 Å². The molecule has 1 fully saturated rings. The molecule has 0 saturated heterocycles. The minimum absolute atomic E-state index is 0.00859. The number of nitrogens with two attached hydrogens (primary N) is 1. The maximum Gasteiger partial charge on any atom is 0.254 e. The number of amides is 1. The molecule has 1 aliphatic carbocycles. The highest BCUT2D eigenvalue weighted by atomic mass is 16.5. The van der Waals surface area contributed by atoms with E-state index in [1.807, 2.05) is 12.1 Å². The molecule has 8 heteroatoms. The molecule has 2 aromatic heterocycles. The molecule has 0 aliphatic heterocycles. The number of rotatable bonds is 6. The van der Waals surface area contributed by atoms with E-state index in [2.05, 4.69) is 26.3 Å². The van der Waals surface area contributed by atoms with Gasteiger partial charge in [0.05, 0.1) is 11.6 Å². The Kier molecular flexibility index (Phi) is 6.03. The van der Waals surface area contributed by atoms with Crippen molar-refractivity contribution in [2.24, 2.45) is 5.73 Å². The average Bonchev–Trinajstić information content (AvgIpc) is 2.81. The summed E-state index contributed by atoms with van der Waals surface area (Å²) in [6.07, 6.45) is 8.58. The molecule has 0 unspecified atom stereocenters. The number of pyridine rings is 1. The molecule has 3 N–H and O–H groups in total. The zero-order chi connectivity index (χ0) is 21.6. The largest absolute Gasteiger partial charge is 0.474 e. The van der Waals surface area contributed by atoms with Crippen LogP contribution < -0.4 is 15.8 Å². The first-order valence-corrected chi connectivity index (χ1v) is 10.1. The number of hydrogen-bond donors (Lipinski definition) is 2. The van der Waals surface area contributed by atoms with E-state index in [0.717, 1.165) is 36.8 Å². The van der Waals surface area contributed by atoms with E-state index in [1.54, 1.807) is 42.9 Å². The van der Waals surface area contributed by atoms with E-state index < -0.39 is 5.91 Å². The van der Waals surface area contributed by atoms with Gasteiger partial charge in [-0.3, -0.25) is 4.79 Å². The van der Waals surface area contributed by atoms with Crippen LogP contribution in [0.2, 0.25) is 0 Å². The number of nitriles is 1. The zero-order valence-corrected chi connectivity index (χ0v) is 16.9. The summed E-state index contributed by atoms with van der Waals surface area (Å²) in [6, 6.07) is 13.0. The van der Waals surface area contributed by atoms with Crippen molar-refractivity contribution in [1.29, 1.82) is 5.26 Å². The summed E-state index contributed by atoms with van der Waals surface area (Å²) in [5, 5.41) is 12.3. The van der Waals surface area contributed by atoms with Gasteiger partial charge in [0.2, 0.25) is 11.8 Å². The van der Waals surface area contributed by atoms with E-state index in [-0.39, 0.29) is 12.1 Å². The lowest BCUT2D eigenvalue weighted by Crippen LogP contribution is -2.32. The summed E-state index contributed by atoms with van der Waals surface area (Å²) in [5.74, 6) is 0.343. The third-order valence-corrected chi connectivity index (χ3v) is 5.32. The SMILES string of the molecule is N#Cc1ccc(-c2cnc(NC3CCC(Oc4ncccc4C(N)=O)CC3)nc2)cc1. The van der Waals surface area contributed by atoms with Crippen LogP contribution in [-0.4, -0.2) is 33.0 Å². The summed E-state index contributed by atoms with van der Waals surface area (Å²) in [5.41, 5.74) is 8.18. The van der Waals surface area contributed by atoms with Gasteiger partial charge in [-0.25, -0.2) is 15.0 Å². The number of carbonyl (C=O) groups is 1. The highest BCUT2D eigenvalue weighted by molar-refractivity contribution is 5.94. The highest BCUT2D eigenvalue weighted by Gasteiger charge is 2.24. The van der Waals surface area contributed by atoms with Crippen LogP contribution in [0.25, 0.3) is 11.1 Å². The first-order valence-electron chi connectivity index (χ1n) is 10.1. The van der Waals surface area contributed by atoms with Crippen LogP contribution in [0.4, 0.5) is 5.95 Å². The molecular weight excluding hydrogens is 392 g/mol. The molecular formula is C23H22N6O2. The standard InChI is InChI=1S/C23H22N6O2/c24-12-15-3-5-16(6-4-15)17-13-27-23(28-14-17)29-18-7-9-19(10-8-18)31-22-20(21(25)30)2-1-11-26-22/h1-6,11,13-14,18-19H,7-10H2,(H2,25,30)(H,27,28,29). The first kappa shape index (κ1) is 20.3. The van der Waals surface area contributed by atoms with Gasteiger partial charge in [-0.2, -0.15) is 5.26 Å². The highest BCUT2D eigenvalue weighted by Crippen LogP contribution is 2.26. The monoisotopic (exact) mass is 414 g/mol. The fourth-order valence-corrected chi connectivity index (χ4v) is 3.63. The first-order chi connectivity index (χ1) is 15.1. The third-order valence-electron chi connectivity index (χ3n) is 5.32. The van der Waals surface area contributed by atoms with E-state index in [9.17, 15) is 4.79 Å². The van der Waals surface area contributed by atoms with Crippen molar-refractivity contribution in [3.8, 4) is 23.1 Å². The zero-order valence-electron chi connectivity index (χ0n) is 16.9. The Hall–Kier alpha value is -3.99. The fourth-order valence-electron chi connectivity index (χ4n) is 3.63. The normalized spacial score (nSPS) is 18.0. The van der Waals surface area contributed by atoms with Gasteiger partial charge in [0.25, 0.3) is 5.91 Å². The van der Waals surface area contributed by atoms with E-state index >= 15 is 0 Å². The van der Waals surface area contributed by atoms with Crippen molar-refractivity contribution in [2.75, 3.05) is 5.32 Å². The molecule has 0 spiro atoms. The number of aromatic nitrogens is 3. The number of nitrogens with one attached hydrogen (secondary N) is 1. The number of nitrogens with zero attached hydrogens (tertiary/aromatic N) is 4. The molecule has 0 atom stereocenters. The summed E-state index contributed by atoms with van der Waals surface area (Å²) in [7, 11) is 0. The Bertz CT molecular complexity index is 1080. The van der Waals surface area contributed by atoms with Gasteiger partial charge in [0.15, 0.2) is 0 Å². The minimum Gasteiger partial charge on any atom is -0.474 e. The Balaban J connectivity index is 1.31. The van der Waals surface area contributed by atoms with Crippen molar-refractivity contribution in [2.45, 2.75) is 37.8 Å². The molecule has 3 aromatic rings. The van der Waals surface area contributed by atoms with Gasteiger partial charge in [0.1, 0.15) is 11.7 Å². The van der Waals surface area contributed by atoms with Gasteiger partial charge in [-0.1, -0.05) is 12.1 Å². The van der Waals surface area contributed by atoms with Crippen LogP contribution in [0.1, 0.15) is 41.6 Å². The van der Waals surface area contributed by atoms with Crippen LogP contribution in [0, 0.1) is 11.3 Å². The second-order valence-electron chi connectivity index (χ2n) is 7.44. The second kappa shape index (κ2) is 9.22. The quantitative estimate of drug-likeness (QED) is 0.633. The molecule has 31 heavy (non-hydrogen) atoms. The lowest BCUT2D eigenvalue weighted by Gasteiger charge is -2.29. The van der Waals surface area contributed by atoms with Gasteiger partial charge >= 0.3 is 0 Å². The maximum absolute atomic E-state index is 11.5. The van der Waals surface area contributed by atoms with Gasteiger partial charge in [0, 0.05) is 30.2 Å².